The van der Waals surface area contributed by atoms with E-state index in [0.29, 0.717) is 25.0 Å². The van der Waals surface area contributed by atoms with Crippen molar-refractivity contribution in [2.45, 2.75) is 0 Å². The van der Waals surface area contributed by atoms with Crippen LogP contribution < -0.4 is 0 Å². The zero-order valence-electron chi connectivity index (χ0n) is 7.84. The van der Waals surface area contributed by atoms with Gasteiger partial charge in [0, 0.05) is 15.1 Å². The highest BCUT2D eigenvalue weighted by atomic mass is 79.9. The second kappa shape index (κ2) is 4.88. The van der Waals surface area contributed by atoms with Gasteiger partial charge in [0.2, 0.25) is 5.78 Å². The van der Waals surface area contributed by atoms with Crippen LogP contribution in [0.2, 0.25) is 10.0 Å². The molecule has 0 fully saturated rings. The lowest BCUT2D eigenvalue weighted by Gasteiger charge is -2.02. The van der Waals surface area contributed by atoms with Crippen molar-refractivity contribution in [3.63, 3.8) is 0 Å². The van der Waals surface area contributed by atoms with Gasteiger partial charge in [-0.25, -0.2) is 0 Å². The fourth-order valence-corrected chi connectivity index (χ4v) is 3.21. The number of hydrogen-bond donors (Lipinski definition) is 0. The summed E-state index contributed by atoms with van der Waals surface area (Å²) in [5.41, 5.74) is 0.564. The molecule has 0 aliphatic carbocycles. The number of carbonyl (C=O) groups is 1. The first-order chi connectivity index (χ1) is 7.59. The van der Waals surface area contributed by atoms with Gasteiger partial charge in [0.25, 0.3) is 0 Å². The van der Waals surface area contributed by atoms with E-state index in [1.807, 2.05) is 0 Å². The molecule has 0 bridgehead atoms. The lowest BCUT2D eigenvalue weighted by atomic mass is 10.1. The molecule has 82 valence electrons. The highest BCUT2D eigenvalue weighted by molar-refractivity contribution is 9.10. The molecule has 1 nitrogen and oxygen atoms in total. The van der Waals surface area contributed by atoms with Crippen molar-refractivity contribution >= 4 is 56.3 Å². The van der Waals surface area contributed by atoms with Gasteiger partial charge in [0.15, 0.2) is 0 Å². The van der Waals surface area contributed by atoms with E-state index in [1.54, 1.807) is 29.6 Å². The van der Waals surface area contributed by atoms with E-state index in [2.05, 4.69) is 15.9 Å². The summed E-state index contributed by atoms with van der Waals surface area (Å²) in [6.07, 6.45) is 0. The average Bonchev–Trinajstić information content (AvgIpc) is 2.63. The summed E-state index contributed by atoms with van der Waals surface area (Å²) < 4.78 is 0.675. The second-order valence-corrected chi connectivity index (χ2v) is 5.67. The van der Waals surface area contributed by atoms with Crippen molar-refractivity contribution in [1.29, 1.82) is 0 Å². The fourth-order valence-electron chi connectivity index (χ4n) is 1.25. The molecule has 0 unspecified atom stereocenters. The molecule has 2 aromatic rings. The number of carbonyl (C=O) groups excluding carboxylic acids is 1. The third kappa shape index (κ3) is 2.33. The van der Waals surface area contributed by atoms with E-state index in [4.69, 9.17) is 23.2 Å². The molecule has 5 heteroatoms. The Hall–Kier alpha value is -0.350. The third-order valence-corrected chi connectivity index (χ3v) is 4.23. The molecule has 0 amide bonds. The van der Waals surface area contributed by atoms with Crippen LogP contribution >= 0.6 is 50.5 Å². The Bertz CT molecular complexity index is 551. The van der Waals surface area contributed by atoms with Gasteiger partial charge in [0.1, 0.15) is 0 Å². The van der Waals surface area contributed by atoms with Gasteiger partial charge in [-0.1, -0.05) is 23.2 Å². The monoisotopic (exact) mass is 334 g/mol. The highest BCUT2D eigenvalue weighted by Crippen LogP contribution is 2.29. The Labute approximate surface area is 115 Å². The summed E-state index contributed by atoms with van der Waals surface area (Å²) in [5, 5.41) is 2.86. The van der Waals surface area contributed by atoms with Crippen molar-refractivity contribution in [3.05, 3.63) is 54.6 Å². The Morgan fingerprint density at radius 1 is 1.25 bits per heavy atom. The van der Waals surface area contributed by atoms with Crippen molar-refractivity contribution in [2.24, 2.45) is 0 Å². The van der Waals surface area contributed by atoms with Gasteiger partial charge in [-0.15, -0.1) is 11.3 Å². The van der Waals surface area contributed by atoms with E-state index >= 15 is 0 Å². The first-order valence-electron chi connectivity index (χ1n) is 4.32. The van der Waals surface area contributed by atoms with Crippen LogP contribution in [-0.2, 0) is 0 Å². The lowest BCUT2D eigenvalue weighted by molar-refractivity contribution is 0.104. The molecular weight excluding hydrogens is 331 g/mol. The maximum Gasteiger partial charge on any atom is 0.205 e. The Balaban J connectivity index is 2.46. The minimum atomic E-state index is -0.0939. The van der Waals surface area contributed by atoms with Crippen molar-refractivity contribution < 1.29 is 4.79 Å². The maximum atomic E-state index is 12.1. The van der Waals surface area contributed by atoms with Crippen molar-refractivity contribution in [2.75, 3.05) is 0 Å². The molecular formula is C11H5BrCl2OS. The predicted octanol–water partition coefficient (Wildman–Crippen LogP) is 5.05. The summed E-state index contributed by atoms with van der Waals surface area (Å²) >= 11 is 16.4. The van der Waals surface area contributed by atoms with Gasteiger partial charge in [-0.2, -0.15) is 0 Å². The van der Waals surface area contributed by atoms with Crippen LogP contribution in [0.15, 0.2) is 34.1 Å². The number of thiophene rings is 1. The molecule has 0 radical (unpaired) electrons. The van der Waals surface area contributed by atoms with Crippen LogP contribution in [0.5, 0.6) is 0 Å². The van der Waals surface area contributed by atoms with E-state index in [1.165, 1.54) is 11.3 Å². The van der Waals surface area contributed by atoms with Crippen LogP contribution in [-0.4, -0.2) is 5.78 Å². The van der Waals surface area contributed by atoms with Crippen molar-refractivity contribution in [3.8, 4) is 0 Å². The third-order valence-electron chi connectivity index (χ3n) is 2.00. The van der Waals surface area contributed by atoms with E-state index in [0.717, 1.165) is 0 Å². The molecule has 0 saturated carbocycles. The topological polar surface area (TPSA) is 17.1 Å². The van der Waals surface area contributed by atoms with Gasteiger partial charge in [-0.05, 0) is 45.6 Å². The normalized spacial score (nSPS) is 10.4. The van der Waals surface area contributed by atoms with Crippen LogP contribution in [0.25, 0.3) is 0 Å². The van der Waals surface area contributed by atoms with Gasteiger partial charge in [0.05, 0.1) is 9.90 Å². The molecule has 1 heterocycles. The van der Waals surface area contributed by atoms with Crippen LogP contribution in [0, 0.1) is 0 Å². The minimum Gasteiger partial charge on any atom is -0.288 e. The first kappa shape index (κ1) is 12.1. The summed E-state index contributed by atoms with van der Waals surface area (Å²) in [6.45, 7) is 0. The number of halogens is 3. The molecule has 0 N–H and O–H groups in total. The number of ketones is 1. The van der Waals surface area contributed by atoms with Crippen LogP contribution in [0.1, 0.15) is 15.2 Å². The van der Waals surface area contributed by atoms with Gasteiger partial charge >= 0.3 is 0 Å². The molecule has 0 aliphatic rings. The molecule has 0 saturated heterocycles. The largest absolute Gasteiger partial charge is 0.288 e. The van der Waals surface area contributed by atoms with E-state index < -0.39 is 0 Å². The standard InChI is InChI=1S/C11H5BrCl2OS/c12-8-5-6(13)1-2-7(8)10(15)11-9(14)3-4-16-11/h1-5H. The molecule has 0 aliphatic heterocycles. The average molecular weight is 336 g/mol. The Morgan fingerprint density at radius 2 is 2.00 bits per heavy atom. The fraction of sp³-hybridized carbons (Fsp3) is 0. The quantitative estimate of drug-likeness (QED) is 0.702. The SMILES string of the molecule is O=C(c1ccc(Cl)cc1Br)c1sccc1Cl. The summed E-state index contributed by atoms with van der Waals surface area (Å²) in [7, 11) is 0. The number of rotatable bonds is 2. The number of hydrogen-bond acceptors (Lipinski definition) is 2. The molecule has 2 rings (SSSR count). The zero-order valence-corrected chi connectivity index (χ0v) is 11.8. The predicted molar refractivity (Wildman–Crippen MR) is 71.9 cm³/mol. The summed E-state index contributed by atoms with van der Waals surface area (Å²) in [4.78, 5) is 12.7. The first-order valence-corrected chi connectivity index (χ1v) is 6.75. The molecule has 16 heavy (non-hydrogen) atoms. The lowest BCUT2D eigenvalue weighted by Crippen LogP contribution is -2.00. The Morgan fingerprint density at radius 3 is 2.56 bits per heavy atom. The molecule has 1 aromatic carbocycles. The second-order valence-electron chi connectivity index (χ2n) is 3.05. The van der Waals surface area contributed by atoms with E-state index in [-0.39, 0.29) is 5.78 Å². The van der Waals surface area contributed by atoms with Gasteiger partial charge in [-0.3, -0.25) is 4.79 Å². The van der Waals surface area contributed by atoms with Crippen molar-refractivity contribution in [1.82, 2.24) is 0 Å². The zero-order chi connectivity index (χ0) is 11.7. The maximum absolute atomic E-state index is 12.1. The smallest absolute Gasteiger partial charge is 0.205 e. The Kier molecular flexibility index (Phi) is 3.70. The van der Waals surface area contributed by atoms with Gasteiger partial charge < -0.3 is 0 Å². The van der Waals surface area contributed by atoms with Crippen LogP contribution in [0.3, 0.4) is 0 Å². The summed E-state index contributed by atoms with van der Waals surface area (Å²) in [5.74, 6) is -0.0939. The minimum absolute atomic E-state index is 0.0939. The molecule has 0 atom stereocenters. The molecule has 1 aromatic heterocycles. The summed E-state index contributed by atoms with van der Waals surface area (Å²) in [6, 6.07) is 6.77. The van der Waals surface area contributed by atoms with E-state index in [9.17, 15) is 4.79 Å². The molecule has 0 spiro atoms. The van der Waals surface area contributed by atoms with Crippen LogP contribution in [0.4, 0.5) is 0 Å². The number of benzene rings is 1. The highest BCUT2D eigenvalue weighted by Gasteiger charge is 2.16.